The fourth-order valence-electron chi connectivity index (χ4n) is 3.03. The predicted molar refractivity (Wildman–Crippen MR) is 96.3 cm³/mol. The first kappa shape index (κ1) is 18.6. The second-order valence-electron chi connectivity index (χ2n) is 6.31. The van der Waals surface area contributed by atoms with E-state index in [-0.39, 0.29) is 18.4 Å². The SMILES string of the molecule is CC1COCC1CN1CCN(C(=O)Oc2ccccc2Br)C1=N[N+](=O)[O-]. The van der Waals surface area contributed by atoms with E-state index in [0.717, 1.165) is 0 Å². The molecule has 140 valence electrons. The first-order valence-corrected chi connectivity index (χ1v) is 9.04. The van der Waals surface area contributed by atoms with Crippen molar-refractivity contribution in [1.82, 2.24) is 9.80 Å². The number of nitro groups is 1. The van der Waals surface area contributed by atoms with Crippen molar-refractivity contribution in [3.63, 3.8) is 0 Å². The van der Waals surface area contributed by atoms with Gasteiger partial charge in [-0.1, -0.05) is 19.1 Å². The van der Waals surface area contributed by atoms with Crippen LogP contribution in [-0.2, 0) is 4.74 Å². The van der Waals surface area contributed by atoms with Crippen LogP contribution in [0.1, 0.15) is 6.92 Å². The molecular formula is C16H19BrN4O5. The maximum Gasteiger partial charge on any atom is 0.422 e. The molecule has 0 bridgehead atoms. The Labute approximate surface area is 158 Å². The first-order chi connectivity index (χ1) is 12.5. The molecule has 0 aliphatic carbocycles. The van der Waals surface area contributed by atoms with Crippen LogP contribution in [0.25, 0.3) is 0 Å². The van der Waals surface area contributed by atoms with Gasteiger partial charge in [0.2, 0.25) is 0 Å². The summed E-state index contributed by atoms with van der Waals surface area (Å²) in [6, 6.07) is 6.91. The molecule has 26 heavy (non-hydrogen) atoms. The van der Waals surface area contributed by atoms with E-state index in [1.54, 1.807) is 29.2 Å². The highest BCUT2D eigenvalue weighted by Crippen LogP contribution is 2.26. The number of rotatable bonds is 4. The summed E-state index contributed by atoms with van der Waals surface area (Å²) in [4.78, 5) is 26.4. The van der Waals surface area contributed by atoms with E-state index in [9.17, 15) is 14.9 Å². The highest BCUT2D eigenvalue weighted by molar-refractivity contribution is 9.10. The smallest absolute Gasteiger partial charge is 0.409 e. The monoisotopic (exact) mass is 426 g/mol. The van der Waals surface area contributed by atoms with Crippen LogP contribution in [0.3, 0.4) is 0 Å². The lowest BCUT2D eigenvalue weighted by Gasteiger charge is -2.23. The maximum atomic E-state index is 12.5. The van der Waals surface area contributed by atoms with Crippen LogP contribution in [0.15, 0.2) is 33.8 Å². The molecule has 0 radical (unpaired) electrons. The lowest BCUT2D eigenvalue weighted by Crippen LogP contribution is -2.42. The molecule has 0 spiro atoms. The Hall–Kier alpha value is -2.20. The third-order valence-corrected chi connectivity index (χ3v) is 5.17. The Bertz CT molecular complexity index is 728. The Kier molecular flexibility index (Phi) is 5.72. The van der Waals surface area contributed by atoms with Gasteiger partial charge in [-0.05, 0) is 34.0 Å². The molecule has 1 aromatic rings. The molecule has 2 heterocycles. The van der Waals surface area contributed by atoms with Crippen LogP contribution in [0.4, 0.5) is 4.79 Å². The Balaban J connectivity index is 1.74. The lowest BCUT2D eigenvalue weighted by atomic mass is 9.98. The quantitative estimate of drug-likeness (QED) is 0.541. The van der Waals surface area contributed by atoms with Gasteiger partial charge < -0.3 is 14.4 Å². The van der Waals surface area contributed by atoms with Crippen molar-refractivity contribution in [1.29, 1.82) is 0 Å². The second-order valence-corrected chi connectivity index (χ2v) is 7.16. The molecule has 2 aliphatic rings. The zero-order chi connectivity index (χ0) is 18.7. The topological polar surface area (TPSA) is 97.5 Å². The predicted octanol–water partition coefficient (Wildman–Crippen LogP) is 2.40. The van der Waals surface area contributed by atoms with Gasteiger partial charge in [0.15, 0.2) is 5.03 Å². The van der Waals surface area contributed by atoms with Crippen LogP contribution in [0.5, 0.6) is 5.75 Å². The first-order valence-electron chi connectivity index (χ1n) is 8.25. The van der Waals surface area contributed by atoms with Gasteiger partial charge in [0, 0.05) is 25.6 Å². The summed E-state index contributed by atoms with van der Waals surface area (Å²) in [5.74, 6) is 0.944. The Morgan fingerprint density at radius 3 is 2.85 bits per heavy atom. The summed E-state index contributed by atoms with van der Waals surface area (Å²) in [5, 5.41) is 13.6. The molecule has 2 atom stereocenters. The zero-order valence-electron chi connectivity index (χ0n) is 14.2. The van der Waals surface area contributed by atoms with Gasteiger partial charge in [0.05, 0.1) is 17.6 Å². The molecule has 2 aliphatic heterocycles. The van der Waals surface area contributed by atoms with Crippen LogP contribution < -0.4 is 4.74 Å². The number of hydrogen-bond acceptors (Lipinski definition) is 5. The number of ether oxygens (including phenoxy) is 2. The number of benzene rings is 1. The molecule has 1 aromatic carbocycles. The van der Waals surface area contributed by atoms with Gasteiger partial charge in [-0.3, -0.25) is 0 Å². The normalized spacial score (nSPS) is 24.3. The number of hydrazone groups is 1. The van der Waals surface area contributed by atoms with E-state index < -0.39 is 11.1 Å². The summed E-state index contributed by atoms with van der Waals surface area (Å²) in [5.41, 5.74) is 0. The van der Waals surface area contributed by atoms with Crippen LogP contribution in [-0.4, -0.2) is 59.7 Å². The molecular weight excluding hydrogens is 408 g/mol. The number of nitrogens with zero attached hydrogens (tertiary/aromatic N) is 4. The molecule has 0 N–H and O–H groups in total. The number of para-hydroxylation sites is 1. The van der Waals surface area contributed by atoms with Crippen molar-refractivity contribution < 1.29 is 19.3 Å². The number of guanidine groups is 1. The number of halogens is 1. The van der Waals surface area contributed by atoms with Gasteiger partial charge in [0.25, 0.3) is 5.96 Å². The van der Waals surface area contributed by atoms with Gasteiger partial charge >= 0.3 is 6.09 Å². The minimum Gasteiger partial charge on any atom is -0.409 e. The van der Waals surface area contributed by atoms with Crippen LogP contribution in [0.2, 0.25) is 0 Å². The van der Waals surface area contributed by atoms with E-state index >= 15 is 0 Å². The van der Waals surface area contributed by atoms with Crippen molar-refractivity contribution in [2.45, 2.75) is 6.92 Å². The summed E-state index contributed by atoms with van der Waals surface area (Å²) in [6.45, 7) is 4.64. The summed E-state index contributed by atoms with van der Waals surface area (Å²) >= 11 is 3.31. The van der Waals surface area contributed by atoms with Gasteiger partial charge in [-0.15, -0.1) is 0 Å². The molecule has 2 unspecified atom stereocenters. The summed E-state index contributed by atoms with van der Waals surface area (Å²) in [6.07, 6.45) is -0.698. The average Bonchev–Trinajstić information content (AvgIpc) is 3.17. The third kappa shape index (κ3) is 4.13. The molecule has 2 saturated heterocycles. The lowest BCUT2D eigenvalue weighted by molar-refractivity contribution is -0.486. The fraction of sp³-hybridized carbons (Fsp3) is 0.500. The van der Waals surface area contributed by atoms with Crippen LogP contribution >= 0.6 is 15.9 Å². The van der Waals surface area contributed by atoms with Crippen LogP contribution in [0, 0.1) is 22.0 Å². The standard InChI is InChI=1S/C16H19BrN4O5/c1-11-9-25-10-12(11)8-19-6-7-20(15(19)18-21(23)24)16(22)26-14-5-3-2-4-13(14)17/h2-5,11-12H,6-10H2,1H3. The number of carbonyl (C=O) groups is 1. The molecule has 9 nitrogen and oxygen atoms in total. The summed E-state index contributed by atoms with van der Waals surface area (Å²) in [7, 11) is 0. The third-order valence-electron chi connectivity index (χ3n) is 4.52. The highest BCUT2D eigenvalue weighted by atomic mass is 79.9. The largest absolute Gasteiger partial charge is 0.422 e. The number of hydrogen-bond donors (Lipinski definition) is 0. The Morgan fingerprint density at radius 2 is 2.19 bits per heavy atom. The highest BCUT2D eigenvalue weighted by Gasteiger charge is 2.38. The molecule has 10 heteroatoms. The van der Waals surface area contributed by atoms with E-state index in [4.69, 9.17) is 9.47 Å². The number of carbonyl (C=O) groups excluding carboxylic acids is 1. The minimum atomic E-state index is -0.791. The maximum absolute atomic E-state index is 12.5. The van der Waals surface area contributed by atoms with Gasteiger partial charge in [0.1, 0.15) is 10.9 Å². The van der Waals surface area contributed by atoms with Crippen molar-refractivity contribution in [2.24, 2.45) is 16.9 Å². The zero-order valence-corrected chi connectivity index (χ0v) is 15.8. The molecule has 3 rings (SSSR count). The minimum absolute atomic E-state index is 0.00570. The average molecular weight is 427 g/mol. The Morgan fingerprint density at radius 1 is 1.42 bits per heavy atom. The van der Waals surface area contributed by atoms with E-state index in [1.807, 2.05) is 0 Å². The van der Waals surface area contributed by atoms with Crippen molar-refractivity contribution in [3.05, 3.63) is 38.9 Å². The molecule has 2 fully saturated rings. The molecule has 1 amide bonds. The van der Waals surface area contributed by atoms with Gasteiger partial charge in [-0.25, -0.2) is 19.8 Å². The van der Waals surface area contributed by atoms with Crippen molar-refractivity contribution >= 4 is 28.0 Å². The second kappa shape index (κ2) is 8.00. The fourth-order valence-corrected chi connectivity index (χ4v) is 3.39. The number of amides is 1. The molecule has 0 saturated carbocycles. The van der Waals surface area contributed by atoms with Gasteiger partial charge in [-0.2, -0.15) is 0 Å². The van der Waals surface area contributed by atoms with Crippen molar-refractivity contribution in [2.75, 3.05) is 32.8 Å². The van der Waals surface area contributed by atoms with E-state index in [0.29, 0.717) is 42.4 Å². The van der Waals surface area contributed by atoms with E-state index in [2.05, 4.69) is 28.0 Å². The molecule has 0 aromatic heterocycles. The van der Waals surface area contributed by atoms with Crippen molar-refractivity contribution in [3.8, 4) is 5.75 Å². The van der Waals surface area contributed by atoms with E-state index in [1.165, 1.54) is 4.90 Å². The summed E-state index contributed by atoms with van der Waals surface area (Å²) < 4.78 is 11.4.